The summed E-state index contributed by atoms with van der Waals surface area (Å²) in [6.45, 7) is 11.8. The van der Waals surface area contributed by atoms with Gasteiger partial charge in [0.1, 0.15) is 11.4 Å². The normalized spacial score (nSPS) is 14.1. The molecule has 1 amide bonds. The van der Waals surface area contributed by atoms with Gasteiger partial charge in [0.05, 0.1) is 12.3 Å². The van der Waals surface area contributed by atoms with Crippen LogP contribution in [0.1, 0.15) is 58.9 Å². The minimum absolute atomic E-state index is 0.0838. The molecule has 4 rings (SSSR count). The summed E-state index contributed by atoms with van der Waals surface area (Å²) in [5.41, 5.74) is 3.28. The van der Waals surface area contributed by atoms with Crippen molar-refractivity contribution in [3.63, 3.8) is 0 Å². The molecule has 1 aromatic carbocycles. The Morgan fingerprint density at radius 1 is 1.05 bits per heavy atom. The van der Waals surface area contributed by atoms with Crippen LogP contribution in [0.4, 0.5) is 22.2 Å². The van der Waals surface area contributed by atoms with E-state index in [0.29, 0.717) is 38.0 Å². The van der Waals surface area contributed by atoms with Crippen LogP contribution >= 0.6 is 0 Å². The molecule has 236 valence electrons. The van der Waals surface area contributed by atoms with Crippen LogP contribution in [0.3, 0.4) is 0 Å². The Balaban J connectivity index is 1.23. The van der Waals surface area contributed by atoms with Crippen molar-refractivity contribution in [2.24, 2.45) is 5.92 Å². The molecule has 1 aliphatic heterocycles. The van der Waals surface area contributed by atoms with E-state index in [4.69, 9.17) is 14.5 Å². The molecule has 2 aromatic heterocycles. The van der Waals surface area contributed by atoms with Crippen LogP contribution in [0.5, 0.6) is 0 Å². The summed E-state index contributed by atoms with van der Waals surface area (Å²) in [4.78, 5) is 39.6. The van der Waals surface area contributed by atoms with E-state index in [2.05, 4.69) is 43.0 Å². The summed E-state index contributed by atoms with van der Waals surface area (Å²) in [6, 6.07) is 14.1. The van der Waals surface area contributed by atoms with Gasteiger partial charge in [0.25, 0.3) is 0 Å². The van der Waals surface area contributed by atoms with Gasteiger partial charge >= 0.3 is 12.1 Å². The zero-order valence-corrected chi connectivity index (χ0v) is 26.3. The highest BCUT2D eigenvalue weighted by Gasteiger charge is 2.22. The van der Waals surface area contributed by atoms with Gasteiger partial charge in [-0.25, -0.2) is 19.7 Å². The maximum absolute atomic E-state index is 11.8. The Hall–Kier alpha value is -4.25. The zero-order valence-electron chi connectivity index (χ0n) is 26.3. The molecule has 3 N–H and O–H groups in total. The van der Waals surface area contributed by atoms with Crippen LogP contribution in [-0.2, 0) is 20.8 Å². The molecular weight excluding hydrogens is 558 g/mol. The molecule has 0 unspecified atom stereocenters. The number of carbonyl (C=O) groups is 2. The molecule has 11 heteroatoms. The third kappa shape index (κ3) is 11.1. The number of pyridine rings is 1. The molecule has 44 heavy (non-hydrogen) atoms. The number of hydrogen-bond acceptors (Lipinski definition) is 10. The number of benzene rings is 1. The highest BCUT2D eigenvalue weighted by molar-refractivity contribution is 5.69. The lowest BCUT2D eigenvalue weighted by atomic mass is 9.93. The molecule has 0 atom stereocenters. The number of alkyl carbamates (subject to hydrolysis) is 1. The largest absolute Gasteiger partial charge is 0.466 e. The van der Waals surface area contributed by atoms with Crippen molar-refractivity contribution in [2.75, 3.05) is 43.4 Å². The van der Waals surface area contributed by atoms with Gasteiger partial charge in [-0.1, -0.05) is 12.1 Å². The van der Waals surface area contributed by atoms with Crippen molar-refractivity contribution >= 4 is 29.5 Å². The average Bonchev–Trinajstić information content (AvgIpc) is 2.98. The van der Waals surface area contributed by atoms with E-state index in [1.165, 1.54) is 5.56 Å². The first kappa shape index (κ1) is 32.7. The van der Waals surface area contributed by atoms with Crippen molar-refractivity contribution in [1.82, 2.24) is 25.2 Å². The second-order valence-electron chi connectivity index (χ2n) is 12.0. The van der Waals surface area contributed by atoms with Crippen LogP contribution in [0.2, 0.25) is 0 Å². The minimum atomic E-state index is -0.507. The number of hydrogen-bond donors (Lipinski definition) is 3. The highest BCUT2D eigenvalue weighted by Crippen LogP contribution is 2.24. The van der Waals surface area contributed by atoms with Crippen molar-refractivity contribution in [3.8, 4) is 11.3 Å². The van der Waals surface area contributed by atoms with E-state index >= 15 is 0 Å². The van der Waals surface area contributed by atoms with Crippen LogP contribution in [0, 0.1) is 5.92 Å². The lowest BCUT2D eigenvalue weighted by Crippen LogP contribution is -2.34. The van der Waals surface area contributed by atoms with Crippen molar-refractivity contribution in [3.05, 3.63) is 60.4 Å². The Bertz CT molecular complexity index is 1350. The number of rotatable bonds is 13. The predicted octanol–water partition coefficient (Wildman–Crippen LogP) is 5.77. The molecule has 11 nitrogen and oxygen atoms in total. The molecule has 0 radical (unpaired) electrons. The maximum atomic E-state index is 11.8. The molecule has 1 fully saturated rings. The molecule has 3 heterocycles. The van der Waals surface area contributed by atoms with E-state index in [1.807, 2.05) is 58.0 Å². The second kappa shape index (κ2) is 16.0. The summed E-state index contributed by atoms with van der Waals surface area (Å²) < 4.78 is 10.4. The van der Waals surface area contributed by atoms with Gasteiger partial charge in [-0.2, -0.15) is 0 Å². The fourth-order valence-electron chi connectivity index (χ4n) is 4.98. The third-order valence-corrected chi connectivity index (χ3v) is 7.10. The topological polar surface area (TPSA) is 131 Å². The molecule has 0 bridgehead atoms. The van der Waals surface area contributed by atoms with E-state index in [9.17, 15) is 9.59 Å². The van der Waals surface area contributed by atoms with Crippen molar-refractivity contribution in [2.45, 2.75) is 65.5 Å². The summed E-state index contributed by atoms with van der Waals surface area (Å²) in [7, 11) is 0. The van der Waals surface area contributed by atoms with Crippen LogP contribution < -0.4 is 16.0 Å². The molecule has 1 saturated heterocycles. The average molecular weight is 604 g/mol. The fraction of sp³-hybridized carbons (Fsp3) is 0.485. The van der Waals surface area contributed by atoms with Crippen LogP contribution in [0.25, 0.3) is 11.3 Å². The summed E-state index contributed by atoms with van der Waals surface area (Å²) >= 11 is 0. The van der Waals surface area contributed by atoms with Gasteiger partial charge in [-0.3, -0.25) is 9.69 Å². The lowest BCUT2D eigenvalue weighted by Gasteiger charge is -2.31. The Kier molecular flexibility index (Phi) is 11.9. The van der Waals surface area contributed by atoms with E-state index < -0.39 is 11.7 Å². The first-order valence-corrected chi connectivity index (χ1v) is 15.4. The van der Waals surface area contributed by atoms with E-state index in [0.717, 1.165) is 61.7 Å². The predicted molar refractivity (Wildman–Crippen MR) is 172 cm³/mol. The molecule has 0 aliphatic carbocycles. The number of amides is 1. The van der Waals surface area contributed by atoms with Crippen LogP contribution in [-0.4, -0.2) is 70.3 Å². The van der Waals surface area contributed by atoms with E-state index in [1.54, 1.807) is 12.4 Å². The molecular formula is C33H45N7O4. The van der Waals surface area contributed by atoms with Crippen molar-refractivity contribution < 1.29 is 19.1 Å². The number of aromatic nitrogens is 3. The van der Waals surface area contributed by atoms with Gasteiger partial charge in [0.15, 0.2) is 0 Å². The van der Waals surface area contributed by atoms with Gasteiger partial charge in [-0.05, 0) is 102 Å². The van der Waals surface area contributed by atoms with Gasteiger partial charge in [0.2, 0.25) is 5.95 Å². The summed E-state index contributed by atoms with van der Waals surface area (Å²) in [5.74, 6) is 1.59. The standard InChI is InChI=1S/C33H45N7O4/c1-5-43-30(41)21-24-13-18-40(19-14-24)23-25-8-6-9-27(20-25)38-31-35-17-12-28(39-31)26-10-11-29(37-22-26)34-15-7-16-36-32(42)44-33(2,3)4/h6,8-12,17,20,22,24H,5,7,13-16,18-19,21,23H2,1-4H3,(H,34,37)(H,36,42)(H,35,38,39). The number of piperidine rings is 1. The number of nitrogens with one attached hydrogen (secondary N) is 3. The molecule has 0 saturated carbocycles. The number of esters is 1. The highest BCUT2D eigenvalue weighted by atomic mass is 16.6. The minimum Gasteiger partial charge on any atom is -0.466 e. The Morgan fingerprint density at radius 2 is 1.86 bits per heavy atom. The Labute approximate surface area is 260 Å². The number of carbonyl (C=O) groups excluding carboxylic acids is 2. The number of anilines is 3. The Morgan fingerprint density at radius 3 is 2.59 bits per heavy atom. The molecule has 3 aromatic rings. The monoisotopic (exact) mass is 603 g/mol. The first-order valence-electron chi connectivity index (χ1n) is 15.4. The van der Waals surface area contributed by atoms with Gasteiger partial charge in [0, 0.05) is 49.7 Å². The number of likely N-dealkylation sites (tertiary alicyclic amines) is 1. The van der Waals surface area contributed by atoms with Gasteiger partial charge < -0.3 is 25.4 Å². The summed E-state index contributed by atoms with van der Waals surface area (Å²) in [6.07, 6.45) is 6.39. The SMILES string of the molecule is CCOC(=O)CC1CCN(Cc2cccc(Nc3nccc(-c4ccc(NCCCNC(=O)OC(C)(C)C)nc4)n3)c2)CC1. The zero-order chi connectivity index (χ0) is 31.4. The third-order valence-electron chi connectivity index (χ3n) is 7.10. The maximum Gasteiger partial charge on any atom is 0.407 e. The van der Waals surface area contributed by atoms with Crippen LogP contribution in [0.15, 0.2) is 54.9 Å². The van der Waals surface area contributed by atoms with E-state index in [-0.39, 0.29) is 5.97 Å². The van der Waals surface area contributed by atoms with Gasteiger partial charge in [-0.15, -0.1) is 0 Å². The second-order valence-corrected chi connectivity index (χ2v) is 12.0. The fourth-order valence-corrected chi connectivity index (χ4v) is 4.98. The van der Waals surface area contributed by atoms with Crippen molar-refractivity contribution in [1.29, 1.82) is 0 Å². The molecule has 0 spiro atoms. The number of ether oxygens (including phenoxy) is 2. The molecule has 1 aliphatic rings. The first-order chi connectivity index (χ1) is 21.2. The number of nitrogens with zero attached hydrogens (tertiary/aromatic N) is 4. The smallest absolute Gasteiger partial charge is 0.407 e. The summed E-state index contributed by atoms with van der Waals surface area (Å²) in [5, 5.41) is 9.36. The quantitative estimate of drug-likeness (QED) is 0.163. The lowest BCUT2D eigenvalue weighted by molar-refractivity contribution is -0.144.